The molecular formula is C25H32FN3O4. The number of piperidine rings is 1. The predicted molar refractivity (Wildman–Crippen MR) is 123 cm³/mol. The summed E-state index contributed by atoms with van der Waals surface area (Å²) in [6, 6.07) is 18.5. The molecule has 0 radical (unpaired) electrons. The van der Waals surface area contributed by atoms with Gasteiger partial charge >= 0.3 is 11.9 Å². The van der Waals surface area contributed by atoms with E-state index in [1.807, 2.05) is 12.1 Å². The van der Waals surface area contributed by atoms with Crippen LogP contribution in [0.5, 0.6) is 0 Å². The zero-order valence-electron chi connectivity index (χ0n) is 18.8. The molecule has 4 rings (SSSR count). The SMILES string of the molecule is Fc1cccc(CN2CCN(C3CCN(Cc4ccccc4)CC3)CC2)c1.O=C(O)C(=O)O. The molecule has 0 amide bonds. The quantitative estimate of drug-likeness (QED) is 0.668. The van der Waals surface area contributed by atoms with Gasteiger partial charge in [0, 0.05) is 45.3 Å². The monoisotopic (exact) mass is 457 g/mol. The highest BCUT2D eigenvalue weighted by molar-refractivity contribution is 6.27. The molecule has 0 saturated carbocycles. The number of rotatable bonds is 5. The van der Waals surface area contributed by atoms with Gasteiger partial charge in [-0.2, -0.15) is 0 Å². The van der Waals surface area contributed by atoms with E-state index in [2.05, 4.69) is 45.0 Å². The lowest BCUT2D eigenvalue weighted by atomic mass is 10.0. The Balaban J connectivity index is 0.000000454. The molecule has 2 aromatic carbocycles. The maximum Gasteiger partial charge on any atom is 0.414 e. The highest BCUT2D eigenvalue weighted by Crippen LogP contribution is 2.20. The summed E-state index contributed by atoms with van der Waals surface area (Å²) in [6.45, 7) is 8.78. The number of hydrogen-bond acceptors (Lipinski definition) is 5. The summed E-state index contributed by atoms with van der Waals surface area (Å²) in [5, 5.41) is 14.8. The molecule has 2 heterocycles. The van der Waals surface area contributed by atoms with Crippen LogP contribution in [0, 0.1) is 5.82 Å². The lowest BCUT2D eigenvalue weighted by Crippen LogP contribution is -2.52. The molecule has 7 nitrogen and oxygen atoms in total. The molecule has 2 aliphatic heterocycles. The smallest absolute Gasteiger partial charge is 0.414 e. The molecule has 33 heavy (non-hydrogen) atoms. The van der Waals surface area contributed by atoms with Crippen LogP contribution in [-0.4, -0.2) is 82.2 Å². The molecule has 178 valence electrons. The van der Waals surface area contributed by atoms with Gasteiger partial charge in [0.2, 0.25) is 0 Å². The molecule has 0 unspecified atom stereocenters. The van der Waals surface area contributed by atoms with Gasteiger partial charge in [0.1, 0.15) is 5.82 Å². The Hall–Kier alpha value is -2.81. The number of carboxylic acids is 2. The summed E-state index contributed by atoms with van der Waals surface area (Å²) in [6.07, 6.45) is 2.55. The summed E-state index contributed by atoms with van der Waals surface area (Å²) in [5.41, 5.74) is 2.50. The second kappa shape index (κ2) is 12.4. The largest absolute Gasteiger partial charge is 0.473 e. The van der Waals surface area contributed by atoms with E-state index < -0.39 is 11.9 Å². The zero-order valence-corrected chi connectivity index (χ0v) is 18.8. The molecule has 0 bridgehead atoms. The standard InChI is InChI=1S/C23H30FN3.C2H2O4/c24-22-8-4-7-21(17-22)19-26-13-15-27(16-14-26)23-9-11-25(12-10-23)18-20-5-2-1-3-6-20;3-1(4)2(5)6/h1-8,17,23H,9-16,18-19H2;(H,3,4)(H,5,6). The lowest BCUT2D eigenvalue weighted by molar-refractivity contribution is -0.159. The number of benzene rings is 2. The number of aliphatic carboxylic acids is 2. The third kappa shape index (κ3) is 8.24. The van der Waals surface area contributed by atoms with Crippen LogP contribution in [0.25, 0.3) is 0 Å². The molecular weight excluding hydrogens is 425 g/mol. The van der Waals surface area contributed by atoms with Crippen molar-refractivity contribution < 1.29 is 24.2 Å². The summed E-state index contributed by atoms with van der Waals surface area (Å²) in [4.78, 5) is 25.9. The number of carbonyl (C=O) groups is 2. The minimum Gasteiger partial charge on any atom is -0.473 e. The average molecular weight is 458 g/mol. The van der Waals surface area contributed by atoms with Crippen molar-refractivity contribution in [1.82, 2.24) is 14.7 Å². The Bertz CT molecular complexity index is 884. The topological polar surface area (TPSA) is 84.3 Å². The molecule has 2 N–H and O–H groups in total. The van der Waals surface area contributed by atoms with Crippen molar-refractivity contribution in [3.05, 3.63) is 71.5 Å². The Kier molecular flexibility index (Phi) is 9.35. The Morgan fingerprint density at radius 3 is 1.88 bits per heavy atom. The number of piperazine rings is 1. The number of likely N-dealkylation sites (tertiary alicyclic amines) is 1. The molecule has 2 fully saturated rings. The van der Waals surface area contributed by atoms with Crippen molar-refractivity contribution in [3.63, 3.8) is 0 Å². The molecule has 2 aromatic rings. The highest BCUT2D eigenvalue weighted by atomic mass is 19.1. The van der Waals surface area contributed by atoms with E-state index in [0.717, 1.165) is 50.9 Å². The number of nitrogens with zero attached hydrogens (tertiary/aromatic N) is 3. The van der Waals surface area contributed by atoms with Gasteiger partial charge in [-0.25, -0.2) is 14.0 Å². The van der Waals surface area contributed by atoms with E-state index in [4.69, 9.17) is 19.8 Å². The van der Waals surface area contributed by atoms with Crippen LogP contribution in [0.1, 0.15) is 24.0 Å². The van der Waals surface area contributed by atoms with Crippen LogP contribution in [0.4, 0.5) is 4.39 Å². The molecule has 2 aliphatic rings. The summed E-state index contributed by atoms with van der Waals surface area (Å²) in [7, 11) is 0. The van der Waals surface area contributed by atoms with Crippen LogP contribution in [0.2, 0.25) is 0 Å². The van der Waals surface area contributed by atoms with Gasteiger partial charge in [-0.3, -0.25) is 14.7 Å². The van der Waals surface area contributed by atoms with Crippen LogP contribution >= 0.6 is 0 Å². The van der Waals surface area contributed by atoms with Crippen LogP contribution in [0.3, 0.4) is 0 Å². The van der Waals surface area contributed by atoms with E-state index >= 15 is 0 Å². The van der Waals surface area contributed by atoms with E-state index in [-0.39, 0.29) is 5.82 Å². The van der Waals surface area contributed by atoms with Crippen molar-refractivity contribution in [1.29, 1.82) is 0 Å². The van der Waals surface area contributed by atoms with E-state index in [0.29, 0.717) is 0 Å². The first kappa shape index (κ1) is 24.8. The average Bonchev–Trinajstić information content (AvgIpc) is 2.81. The molecule has 0 atom stereocenters. The molecule has 0 aromatic heterocycles. The van der Waals surface area contributed by atoms with Gasteiger partial charge in [0.25, 0.3) is 0 Å². The predicted octanol–water partition coefficient (Wildman–Crippen LogP) is 2.76. The Labute approximate surface area is 194 Å². The van der Waals surface area contributed by atoms with Gasteiger partial charge in [-0.15, -0.1) is 0 Å². The van der Waals surface area contributed by atoms with Crippen molar-refractivity contribution in [2.45, 2.75) is 32.0 Å². The van der Waals surface area contributed by atoms with Crippen molar-refractivity contribution in [2.24, 2.45) is 0 Å². The summed E-state index contributed by atoms with van der Waals surface area (Å²) >= 11 is 0. The van der Waals surface area contributed by atoms with E-state index in [1.54, 1.807) is 6.07 Å². The van der Waals surface area contributed by atoms with E-state index in [1.165, 1.54) is 37.6 Å². The zero-order chi connectivity index (χ0) is 23.6. The molecule has 0 spiro atoms. The van der Waals surface area contributed by atoms with E-state index in [9.17, 15) is 4.39 Å². The molecule has 8 heteroatoms. The van der Waals surface area contributed by atoms with Crippen LogP contribution < -0.4 is 0 Å². The maximum atomic E-state index is 13.4. The van der Waals surface area contributed by atoms with Gasteiger partial charge < -0.3 is 10.2 Å². The first-order valence-corrected chi connectivity index (χ1v) is 11.3. The second-order valence-corrected chi connectivity index (χ2v) is 8.55. The Morgan fingerprint density at radius 2 is 1.30 bits per heavy atom. The molecule has 0 aliphatic carbocycles. The fraction of sp³-hybridized carbons (Fsp3) is 0.440. The fourth-order valence-electron chi connectivity index (χ4n) is 4.46. The number of hydrogen-bond donors (Lipinski definition) is 2. The van der Waals surface area contributed by atoms with Crippen LogP contribution in [0.15, 0.2) is 54.6 Å². The summed E-state index contributed by atoms with van der Waals surface area (Å²) < 4.78 is 13.4. The lowest BCUT2D eigenvalue weighted by Gasteiger charge is -2.42. The van der Waals surface area contributed by atoms with Gasteiger partial charge in [0.15, 0.2) is 0 Å². The highest BCUT2D eigenvalue weighted by Gasteiger charge is 2.27. The fourth-order valence-corrected chi connectivity index (χ4v) is 4.46. The van der Waals surface area contributed by atoms with Crippen molar-refractivity contribution in [2.75, 3.05) is 39.3 Å². The van der Waals surface area contributed by atoms with Crippen molar-refractivity contribution >= 4 is 11.9 Å². The second-order valence-electron chi connectivity index (χ2n) is 8.55. The van der Waals surface area contributed by atoms with Gasteiger partial charge in [-0.05, 0) is 49.2 Å². The molecule has 2 saturated heterocycles. The van der Waals surface area contributed by atoms with Gasteiger partial charge in [0.05, 0.1) is 0 Å². The third-order valence-electron chi connectivity index (χ3n) is 6.21. The minimum absolute atomic E-state index is 0.131. The first-order valence-electron chi connectivity index (χ1n) is 11.3. The van der Waals surface area contributed by atoms with Crippen LogP contribution in [-0.2, 0) is 22.7 Å². The maximum absolute atomic E-state index is 13.4. The number of halogens is 1. The summed E-state index contributed by atoms with van der Waals surface area (Å²) in [5.74, 6) is -3.78. The first-order chi connectivity index (χ1) is 15.9. The number of carboxylic acid groups (broad SMARTS) is 2. The Morgan fingerprint density at radius 1 is 0.758 bits per heavy atom. The van der Waals surface area contributed by atoms with Crippen molar-refractivity contribution in [3.8, 4) is 0 Å². The minimum atomic E-state index is -1.82. The third-order valence-corrected chi connectivity index (χ3v) is 6.21. The normalized spacial score (nSPS) is 18.3. The van der Waals surface area contributed by atoms with Gasteiger partial charge in [-0.1, -0.05) is 42.5 Å².